The van der Waals surface area contributed by atoms with Crippen LogP contribution in [0.3, 0.4) is 0 Å². The van der Waals surface area contributed by atoms with Gasteiger partial charge < -0.3 is 19.7 Å². The van der Waals surface area contributed by atoms with Crippen molar-refractivity contribution in [2.45, 2.75) is 13.0 Å². The number of aryl methyl sites for hydroxylation is 1. The average molecular weight is 321 g/mol. The number of carbonyl (C=O) groups excluding carboxylic acids is 1. The number of hydrogen-bond donors (Lipinski definition) is 1. The highest BCUT2D eigenvalue weighted by Crippen LogP contribution is 2.16. The van der Waals surface area contributed by atoms with Gasteiger partial charge in [0.2, 0.25) is 5.95 Å². The van der Waals surface area contributed by atoms with Gasteiger partial charge in [0.25, 0.3) is 0 Å². The molecule has 8 nitrogen and oxygen atoms in total. The third-order valence-electron chi connectivity index (χ3n) is 3.70. The lowest BCUT2D eigenvalue weighted by Gasteiger charge is -2.35. The summed E-state index contributed by atoms with van der Waals surface area (Å²) in [6, 6.07) is -0.107. The molecule has 0 unspecified atom stereocenters. The van der Waals surface area contributed by atoms with Crippen molar-refractivity contribution in [3.8, 4) is 0 Å². The molecule has 1 aliphatic heterocycles. The molecule has 118 valence electrons. The fraction of sp³-hybridized carbons (Fsp3) is 0.538. The second-order valence-corrected chi connectivity index (χ2v) is 6.18. The van der Waals surface area contributed by atoms with Crippen LogP contribution in [0.25, 0.3) is 0 Å². The summed E-state index contributed by atoms with van der Waals surface area (Å²) in [6.45, 7) is 4.80. The zero-order chi connectivity index (χ0) is 15.5. The molecule has 0 aromatic carbocycles. The summed E-state index contributed by atoms with van der Waals surface area (Å²) in [5, 5.41) is 13.8. The molecule has 1 atom stereocenters. The van der Waals surface area contributed by atoms with Gasteiger partial charge >= 0.3 is 6.03 Å². The molecule has 3 rings (SSSR count). The van der Waals surface area contributed by atoms with Gasteiger partial charge in [-0.15, -0.1) is 21.5 Å². The fourth-order valence-corrected chi connectivity index (χ4v) is 3.11. The second-order valence-electron chi connectivity index (χ2n) is 5.26. The number of aromatic nitrogens is 4. The summed E-state index contributed by atoms with van der Waals surface area (Å²) in [6.07, 6.45) is 3.44. The van der Waals surface area contributed by atoms with Crippen molar-refractivity contribution in [1.82, 2.24) is 30.0 Å². The Kier molecular flexibility index (Phi) is 4.23. The van der Waals surface area contributed by atoms with Crippen molar-refractivity contribution in [2.24, 2.45) is 7.05 Å². The normalized spacial score (nSPS) is 16.6. The first-order valence-electron chi connectivity index (χ1n) is 7.19. The van der Waals surface area contributed by atoms with Gasteiger partial charge in [-0.05, 0) is 6.92 Å². The van der Waals surface area contributed by atoms with Crippen molar-refractivity contribution < 1.29 is 4.79 Å². The maximum atomic E-state index is 12.3. The Labute approximate surface area is 132 Å². The lowest BCUT2D eigenvalue weighted by atomic mass is 10.3. The molecule has 0 saturated carbocycles. The van der Waals surface area contributed by atoms with E-state index in [0.29, 0.717) is 13.1 Å². The Balaban J connectivity index is 1.53. The van der Waals surface area contributed by atoms with E-state index < -0.39 is 0 Å². The highest BCUT2D eigenvalue weighted by molar-refractivity contribution is 7.09. The Morgan fingerprint density at radius 1 is 1.36 bits per heavy atom. The largest absolute Gasteiger partial charge is 0.337 e. The molecule has 2 aromatic heterocycles. The fourth-order valence-electron chi connectivity index (χ4n) is 2.46. The van der Waals surface area contributed by atoms with E-state index in [4.69, 9.17) is 0 Å². The number of anilines is 1. The van der Waals surface area contributed by atoms with Gasteiger partial charge in [0, 0.05) is 44.8 Å². The Morgan fingerprint density at radius 3 is 2.73 bits per heavy atom. The second kappa shape index (κ2) is 6.30. The molecule has 0 bridgehead atoms. The summed E-state index contributed by atoms with van der Waals surface area (Å²) in [5.74, 6) is 0.844. The Morgan fingerprint density at radius 2 is 2.14 bits per heavy atom. The van der Waals surface area contributed by atoms with Gasteiger partial charge in [-0.25, -0.2) is 9.78 Å². The molecule has 0 radical (unpaired) electrons. The number of carbonyl (C=O) groups is 1. The van der Waals surface area contributed by atoms with Crippen molar-refractivity contribution in [3.05, 3.63) is 22.9 Å². The number of hydrogen-bond acceptors (Lipinski definition) is 6. The first kappa shape index (κ1) is 14.8. The van der Waals surface area contributed by atoms with E-state index in [9.17, 15) is 4.79 Å². The molecule has 0 aliphatic carbocycles. The molecule has 3 heterocycles. The molecule has 2 aromatic rings. The number of urea groups is 1. The summed E-state index contributed by atoms with van der Waals surface area (Å²) >= 11 is 1.55. The van der Waals surface area contributed by atoms with E-state index >= 15 is 0 Å². The number of nitrogens with one attached hydrogen (secondary N) is 1. The third-order valence-corrected chi connectivity index (χ3v) is 4.66. The Bertz CT molecular complexity index is 618. The maximum absolute atomic E-state index is 12.3. The van der Waals surface area contributed by atoms with Crippen molar-refractivity contribution in [3.63, 3.8) is 0 Å². The molecule has 1 saturated heterocycles. The van der Waals surface area contributed by atoms with Crippen LogP contribution in [0.1, 0.15) is 18.0 Å². The smallest absolute Gasteiger partial charge is 0.318 e. The molecule has 1 aliphatic rings. The van der Waals surface area contributed by atoms with Crippen LogP contribution in [-0.4, -0.2) is 56.9 Å². The zero-order valence-electron chi connectivity index (χ0n) is 12.6. The van der Waals surface area contributed by atoms with Crippen LogP contribution >= 0.6 is 11.3 Å². The molecule has 0 spiro atoms. The van der Waals surface area contributed by atoms with Crippen molar-refractivity contribution >= 4 is 23.3 Å². The van der Waals surface area contributed by atoms with Gasteiger partial charge in [0.15, 0.2) is 0 Å². The summed E-state index contributed by atoms with van der Waals surface area (Å²) < 4.78 is 1.89. The average Bonchev–Trinajstić information content (AvgIpc) is 3.18. The van der Waals surface area contributed by atoms with Crippen molar-refractivity contribution in [2.75, 3.05) is 31.1 Å². The van der Waals surface area contributed by atoms with E-state index in [1.807, 2.05) is 28.8 Å². The van der Waals surface area contributed by atoms with Gasteiger partial charge in [-0.1, -0.05) is 0 Å². The maximum Gasteiger partial charge on any atom is 0.318 e. The molecule has 2 amide bonds. The van der Waals surface area contributed by atoms with Crippen LogP contribution in [0.4, 0.5) is 10.7 Å². The molecule has 9 heteroatoms. The predicted molar refractivity (Wildman–Crippen MR) is 83.8 cm³/mol. The number of thiazole rings is 1. The number of amides is 2. The van der Waals surface area contributed by atoms with E-state index in [0.717, 1.165) is 24.0 Å². The summed E-state index contributed by atoms with van der Waals surface area (Å²) in [7, 11) is 1.92. The highest BCUT2D eigenvalue weighted by atomic mass is 32.1. The van der Waals surface area contributed by atoms with Crippen molar-refractivity contribution in [1.29, 1.82) is 0 Å². The predicted octanol–water partition coefficient (Wildman–Crippen LogP) is 0.864. The summed E-state index contributed by atoms with van der Waals surface area (Å²) in [4.78, 5) is 20.5. The van der Waals surface area contributed by atoms with Crippen LogP contribution in [0, 0.1) is 0 Å². The number of piperazine rings is 1. The number of nitrogens with zero attached hydrogens (tertiary/aromatic N) is 6. The van der Waals surface area contributed by atoms with Gasteiger partial charge in [-0.3, -0.25) is 0 Å². The topological polar surface area (TPSA) is 79.2 Å². The van der Waals surface area contributed by atoms with Gasteiger partial charge in [0.1, 0.15) is 11.3 Å². The van der Waals surface area contributed by atoms with Crippen LogP contribution in [0.2, 0.25) is 0 Å². The SMILES string of the molecule is C[C@H](NC(=O)N1CCN(c2nncn2C)CC1)c1nccs1. The lowest BCUT2D eigenvalue weighted by Crippen LogP contribution is -2.52. The monoisotopic (exact) mass is 321 g/mol. The quantitative estimate of drug-likeness (QED) is 0.907. The zero-order valence-corrected chi connectivity index (χ0v) is 13.5. The van der Waals surface area contributed by atoms with E-state index in [2.05, 4.69) is 25.4 Å². The summed E-state index contributed by atoms with van der Waals surface area (Å²) in [5.41, 5.74) is 0. The van der Waals surface area contributed by atoms with E-state index in [1.165, 1.54) is 0 Å². The first-order chi connectivity index (χ1) is 10.6. The minimum absolute atomic E-state index is 0.0414. The van der Waals surface area contributed by atoms with Crippen LogP contribution in [-0.2, 0) is 7.05 Å². The van der Waals surface area contributed by atoms with E-state index in [1.54, 1.807) is 23.9 Å². The molecule has 1 N–H and O–H groups in total. The first-order valence-corrected chi connectivity index (χ1v) is 8.07. The molecule has 22 heavy (non-hydrogen) atoms. The Hall–Kier alpha value is -2.16. The third kappa shape index (κ3) is 3.03. The molecular formula is C13H19N7OS. The molecule has 1 fully saturated rings. The highest BCUT2D eigenvalue weighted by Gasteiger charge is 2.24. The van der Waals surface area contributed by atoms with Crippen LogP contribution in [0.5, 0.6) is 0 Å². The lowest BCUT2D eigenvalue weighted by molar-refractivity contribution is 0.191. The minimum atomic E-state index is -0.0655. The standard InChI is InChI=1S/C13H19N7OS/c1-10(11-14-3-8-22-11)16-13(21)20-6-4-19(5-7-20)12-17-15-9-18(12)2/h3,8-10H,4-7H2,1-2H3,(H,16,21)/t10-/m0/s1. The van der Waals surface area contributed by atoms with Gasteiger partial charge in [-0.2, -0.15) is 0 Å². The van der Waals surface area contributed by atoms with Gasteiger partial charge in [0.05, 0.1) is 6.04 Å². The van der Waals surface area contributed by atoms with E-state index in [-0.39, 0.29) is 12.1 Å². The van der Waals surface area contributed by atoms with Crippen LogP contribution in [0.15, 0.2) is 17.9 Å². The minimum Gasteiger partial charge on any atom is -0.337 e. The molecular weight excluding hydrogens is 302 g/mol. The number of rotatable bonds is 3. The van der Waals surface area contributed by atoms with Crippen LogP contribution < -0.4 is 10.2 Å².